The van der Waals surface area contributed by atoms with E-state index >= 15 is 0 Å². The molecule has 1 atom stereocenters. The molecule has 2 heterocycles. The number of benzene rings is 1. The number of amides is 1. The fourth-order valence-corrected chi connectivity index (χ4v) is 2.01. The van der Waals surface area contributed by atoms with Crippen LogP contribution in [0.5, 0.6) is 5.88 Å². The maximum absolute atomic E-state index is 11.7. The molecular formula is C14H15N3O4. The molecule has 1 aliphatic rings. The topological polar surface area (TPSA) is 85.6 Å². The summed E-state index contributed by atoms with van der Waals surface area (Å²) in [7, 11) is 0. The number of ether oxygens (including phenoxy) is 2. The minimum absolute atomic E-state index is 0.190. The van der Waals surface area contributed by atoms with Crippen molar-refractivity contribution in [3.05, 3.63) is 42.0 Å². The van der Waals surface area contributed by atoms with Gasteiger partial charge in [0.2, 0.25) is 5.88 Å². The monoisotopic (exact) mass is 289 g/mol. The second-order valence-corrected chi connectivity index (χ2v) is 4.70. The zero-order chi connectivity index (χ0) is 14.7. The van der Waals surface area contributed by atoms with E-state index in [2.05, 4.69) is 10.4 Å². The van der Waals surface area contributed by atoms with E-state index in [9.17, 15) is 9.90 Å². The fourth-order valence-electron chi connectivity index (χ4n) is 2.01. The van der Waals surface area contributed by atoms with Crippen LogP contribution in [-0.4, -0.2) is 33.7 Å². The molecule has 1 aliphatic heterocycles. The van der Waals surface area contributed by atoms with Gasteiger partial charge in [0.25, 0.3) is 0 Å². The van der Waals surface area contributed by atoms with Crippen LogP contribution in [0.15, 0.2) is 36.4 Å². The van der Waals surface area contributed by atoms with Crippen LogP contribution in [0.1, 0.15) is 5.56 Å². The van der Waals surface area contributed by atoms with Crippen molar-refractivity contribution in [2.75, 3.05) is 11.9 Å². The van der Waals surface area contributed by atoms with Gasteiger partial charge in [-0.1, -0.05) is 30.3 Å². The predicted molar refractivity (Wildman–Crippen MR) is 74.0 cm³/mol. The number of rotatable bonds is 3. The molecule has 2 N–H and O–H groups in total. The minimum Gasteiger partial charge on any atom is -0.475 e. The summed E-state index contributed by atoms with van der Waals surface area (Å²) >= 11 is 0. The Balaban J connectivity index is 1.55. The third-order valence-electron chi connectivity index (χ3n) is 2.99. The molecule has 0 aliphatic carbocycles. The number of anilines is 1. The lowest BCUT2D eigenvalue weighted by molar-refractivity contribution is 0.0558. The Kier molecular flexibility index (Phi) is 3.74. The number of nitrogens with zero attached hydrogens (tertiary/aromatic N) is 2. The van der Waals surface area contributed by atoms with E-state index in [0.29, 0.717) is 18.2 Å². The molecule has 110 valence electrons. The summed E-state index contributed by atoms with van der Waals surface area (Å²) in [5.74, 6) is 0.843. The molecule has 0 bridgehead atoms. The molecule has 1 aromatic heterocycles. The van der Waals surface area contributed by atoms with Crippen LogP contribution in [0.4, 0.5) is 10.6 Å². The van der Waals surface area contributed by atoms with Gasteiger partial charge in [0.1, 0.15) is 19.3 Å². The quantitative estimate of drug-likeness (QED) is 0.891. The Bertz CT molecular complexity index is 626. The normalized spacial score (nSPS) is 16.7. The van der Waals surface area contributed by atoms with Gasteiger partial charge in [-0.25, -0.2) is 9.48 Å². The van der Waals surface area contributed by atoms with Crippen molar-refractivity contribution >= 4 is 11.9 Å². The molecular weight excluding hydrogens is 274 g/mol. The third-order valence-corrected chi connectivity index (χ3v) is 2.99. The third kappa shape index (κ3) is 3.32. The Morgan fingerprint density at radius 2 is 2.29 bits per heavy atom. The Morgan fingerprint density at radius 3 is 3.10 bits per heavy atom. The summed E-state index contributed by atoms with van der Waals surface area (Å²) in [6.45, 7) is 0.759. The maximum atomic E-state index is 11.7. The number of aliphatic hydroxyl groups excluding tert-OH is 1. The molecule has 0 radical (unpaired) electrons. The molecule has 7 heteroatoms. The number of carbonyl (C=O) groups is 1. The van der Waals surface area contributed by atoms with Crippen molar-refractivity contribution in [3.8, 4) is 5.88 Å². The SMILES string of the molecule is O=C(Nc1cc2n(n1)CC(O)CO2)OCc1ccccc1. The molecule has 1 amide bonds. The highest BCUT2D eigenvalue weighted by atomic mass is 16.5. The lowest BCUT2D eigenvalue weighted by Crippen LogP contribution is -2.29. The van der Waals surface area contributed by atoms with E-state index in [4.69, 9.17) is 9.47 Å². The second-order valence-electron chi connectivity index (χ2n) is 4.70. The predicted octanol–water partition coefficient (Wildman–Crippen LogP) is 1.39. The van der Waals surface area contributed by atoms with Gasteiger partial charge in [0.15, 0.2) is 5.82 Å². The van der Waals surface area contributed by atoms with Gasteiger partial charge in [0.05, 0.1) is 6.54 Å². The van der Waals surface area contributed by atoms with Crippen LogP contribution in [0.3, 0.4) is 0 Å². The summed E-state index contributed by atoms with van der Waals surface area (Å²) in [6.07, 6.45) is -1.18. The Labute approximate surface area is 121 Å². The molecule has 0 spiro atoms. The number of carbonyl (C=O) groups excluding carboxylic acids is 1. The lowest BCUT2D eigenvalue weighted by atomic mass is 10.2. The first-order chi connectivity index (χ1) is 10.2. The van der Waals surface area contributed by atoms with Crippen molar-refractivity contribution in [1.29, 1.82) is 0 Å². The number of aliphatic hydroxyl groups is 1. The summed E-state index contributed by atoms with van der Waals surface area (Å²) < 4.78 is 11.9. The van der Waals surface area contributed by atoms with Gasteiger partial charge in [-0.15, -0.1) is 0 Å². The molecule has 0 saturated carbocycles. The van der Waals surface area contributed by atoms with Gasteiger partial charge in [-0.2, -0.15) is 5.10 Å². The minimum atomic E-state index is -0.588. The molecule has 1 unspecified atom stereocenters. The maximum Gasteiger partial charge on any atom is 0.413 e. The van der Waals surface area contributed by atoms with Gasteiger partial charge < -0.3 is 14.6 Å². The van der Waals surface area contributed by atoms with E-state index < -0.39 is 12.2 Å². The molecule has 3 rings (SSSR count). The van der Waals surface area contributed by atoms with Crippen LogP contribution >= 0.6 is 0 Å². The van der Waals surface area contributed by atoms with Crippen LogP contribution in [-0.2, 0) is 17.9 Å². The number of aromatic nitrogens is 2. The largest absolute Gasteiger partial charge is 0.475 e. The highest BCUT2D eigenvalue weighted by Gasteiger charge is 2.20. The highest BCUT2D eigenvalue weighted by Crippen LogP contribution is 2.21. The highest BCUT2D eigenvalue weighted by molar-refractivity contribution is 5.83. The lowest BCUT2D eigenvalue weighted by Gasteiger charge is -2.19. The van der Waals surface area contributed by atoms with Crippen molar-refractivity contribution in [2.45, 2.75) is 19.3 Å². The van der Waals surface area contributed by atoms with Crippen LogP contribution < -0.4 is 10.1 Å². The fraction of sp³-hybridized carbons (Fsp3) is 0.286. The van der Waals surface area contributed by atoms with Crippen molar-refractivity contribution in [3.63, 3.8) is 0 Å². The number of nitrogens with one attached hydrogen (secondary N) is 1. The average molecular weight is 289 g/mol. The number of fused-ring (bicyclic) bond motifs is 1. The first kappa shape index (κ1) is 13.4. The summed E-state index contributed by atoms with van der Waals surface area (Å²) in [5.41, 5.74) is 0.906. The average Bonchev–Trinajstić information content (AvgIpc) is 2.87. The molecule has 1 aromatic carbocycles. The number of hydrogen-bond acceptors (Lipinski definition) is 5. The second kappa shape index (κ2) is 5.84. The van der Waals surface area contributed by atoms with Crippen LogP contribution in [0.2, 0.25) is 0 Å². The van der Waals surface area contributed by atoms with E-state index in [0.717, 1.165) is 5.56 Å². The summed E-state index contributed by atoms with van der Waals surface area (Å²) in [4.78, 5) is 11.7. The number of hydrogen-bond donors (Lipinski definition) is 2. The summed E-state index contributed by atoms with van der Waals surface area (Å²) in [6, 6.07) is 11.0. The van der Waals surface area contributed by atoms with E-state index in [1.165, 1.54) is 4.68 Å². The smallest absolute Gasteiger partial charge is 0.413 e. The molecule has 0 saturated heterocycles. The first-order valence-corrected chi connectivity index (χ1v) is 6.57. The van der Waals surface area contributed by atoms with Gasteiger partial charge >= 0.3 is 6.09 Å². The van der Waals surface area contributed by atoms with Crippen molar-refractivity contribution in [2.24, 2.45) is 0 Å². The van der Waals surface area contributed by atoms with Crippen molar-refractivity contribution < 1.29 is 19.4 Å². The zero-order valence-corrected chi connectivity index (χ0v) is 11.2. The van der Waals surface area contributed by atoms with Gasteiger partial charge in [-0.3, -0.25) is 5.32 Å². The Hall–Kier alpha value is -2.54. The van der Waals surface area contributed by atoms with E-state index in [1.54, 1.807) is 6.07 Å². The van der Waals surface area contributed by atoms with Crippen molar-refractivity contribution in [1.82, 2.24) is 9.78 Å². The molecule has 2 aromatic rings. The van der Waals surface area contributed by atoms with Crippen LogP contribution in [0, 0.1) is 0 Å². The van der Waals surface area contributed by atoms with Gasteiger partial charge in [0, 0.05) is 6.07 Å². The Morgan fingerprint density at radius 1 is 1.48 bits per heavy atom. The standard InChI is InChI=1S/C14H15N3O4/c18-11-7-17-13(20-9-11)6-12(16-17)15-14(19)21-8-10-4-2-1-3-5-10/h1-6,11,18H,7-9H2,(H,15,16,19). The van der Waals surface area contributed by atoms with Crippen LogP contribution in [0.25, 0.3) is 0 Å². The first-order valence-electron chi connectivity index (χ1n) is 6.57. The molecule has 7 nitrogen and oxygen atoms in total. The zero-order valence-electron chi connectivity index (χ0n) is 11.2. The van der Waals surface area contributed by atoms with Gasteiger partial charge in [-0.05, 0) is 5.56 Å². The molecule has 21 heavy (non-hydrogen) atoms. The summed E-state index contributed by atoms with van der Waals surface area (Å²) in [5, 5.41) is 16.1. The van der Waals surface area contributed by atoms with E-state index in [1.807, 2.05) is 30.3 Å². The van der Waals surface area contributed by atoms with E-state index in [-0.39, 0.29) is 13.2 Å². The molecule has 0 fully saturated rings.